The number of amides is 1. The van der Waals surface area contributed by atoms with E-state index in [0.29, 0.717) is 12.5 Å². The van der Waals surface area contributed by atoms with Gasteiger partial charge in [0.05, 0.1) is 6.04 Å². The first-order valence-corrected chi connectivity index (χ1v) is 6.84. The van der Waals surface area contributed by atoms with Gasteiger partial charge in [-0.1, -0.05) is 51.1 Å². The molecule has 4 nitrogen and oxygen atoms in total. The minimum atomic E-state index is -0.913. The molecule has 2 N–H and O–H groups in total. The molecular formula is C15H24N2O2. The number of nitrogens with one attached hydrogen (secondary N) is 1. The second-order valence-corrected chi connectivity index (χ2v) is 5.16. The molecule has 1 amide bonds. The van der Waals surface area contributed by atoms with Crippen molar-refractivity contribution in [2.24, 2.45) is 5.92 Å². The summed E-state index contributed by atoms with van der Waals surface area (Å²) in [7, 11) is 0. The minimum absolute atomic E-state index is 0.0429. The van der Waals surface area contributed by atoms with Gasteiger partial charge in [0.1, 0.15) is 0 Å². The quantitative estimate of drug-likeness (QED) is 0.744. The first-order chi connectivity index (χ1) is 9.04. The van der Waals surface area contributed by atoms with Gasteiger partial charge >= 0.3 is 6.09 Å². The van der Waals surface area contributed by atoms with Gasteiger partial charge in [-0.3, -0.25) is 0 Å². The van der Waals surface area contributed by atoms with E-state index >= 15 is 0 Å². The number of carbonyl (C=O) groups is 1. The number of rotatable bonds is 7. The summed E-state index contributed by atoms with van der Waals surface area (Å²) in [6.07, 6.45) is 0.601. The van der Waals surface area contributed by atoms with E-state index in [1.807, 2.05) is 37.3 Å². The first kappa shape index (κ1) is 15.5. The third-order valence-electron chi connectivity index (χ3n) is 3.03. The summed E-state index contributed by atoms with van der Waals surface area (Å²) in [4.78, 5) is 11.4. The molecule has 1 atom stereocenters. The zero-order valence-electron chi connectivity index (χ0n) is 12.0. The summed E-state index contributed by atoms with van der Waals surface area (Å²) in [6.45, 7) is 6.80. The van der Waals surface area contributed by atoms with E-state index in [1.165, 1.54) is 5.01 Å². The van der Waals surface area contributed by atoms with Gasteiger partial charge in [-0.25, -0.2) is 15.2 Å². The van der Waals surface area contributed by atoms with Crippen LogP contribution in [-0.2, 0) is 6.42 Å². The van der Waals surface area contributed by atoms with Crippen LogP contribution >= 0.6 is 0 Å². The molecule has 19 heavy (non-hydrogen) atoms. The average Bonchev–Trinajstić information content (AvgIpc) is 2.38. The molecule has 0 aliphatic heterocycles. The van der Waals surface area contributed by atoms with Crippen molar-refractivity contribution in [2.45, 2.75) is 39.7 Å². The molecule has 0 aromatic heterocycles. The minimum Gasteiger partial charge on any atom is -0.464 e. The molecule has 0 saturated heterocycles. The number of benzene rings is 1. The Morgan fingerprint density at radius 2 is 1.95 bits per heavy atom. The third-order valence-corrected chi connectivity index (χ3v) is 3.03. The fraction of sp³-hybridized carbons (Fsp3) is 0.533. The van der Waals surface area contributed by atoms with Crippen molar-refractivity contribution in [3.8, 4) is 0 Å². The number of hydrazine groups is 1. The highest BCUT2D eigenvalue weighted by Crippen LogP contribution is 2.11. The molecule has 1 aromatic rings. The Morgan fingerprint density at radius 1 is 1.32 bits per heavy atom. The standard InChI is InChI=1S/C15H24N2O2/c1-4-14(10-13-8-6-5-7-9-13)17(15(18)19)16-11-12(2)3/h5-9,12,14,16H,4,10-11H2,1-3H3,(H,18,19)/t14-/m0/s1. The van der Waals surface area contributed by atoms with Gasteiger partial charge < -0.3 is 5.11 Å². The lowest BCUT2D eigenvalue weighted by Gasteiger charge is -2.29. The van der Waals surface area contributed by atoms with E-state index < -0.39 is 6.09 Å². The van der Waals surface area contributed by atoms with E-state index in [1.54, 1.807) is 0 Å². The highest BCUT2D eigenvalue weighted by molar-refractivity contribution is 5.64. The van der Waals surface area contributed by atoms with Crippen molar-refractivity contribution in [3.05, 3.63) is 35.9 Å². The Labute approximate surface area is 115 Å². The number of hydrogen-bond donors (Lipinski definition) is 2. The molecule has 0 radical (unpaired) electrons. The van der Waals surface area contributed by atoms with Crippen LogP contribution in [0.5, 0.6) is 0 Å². The maximum absolute atomic E-state index is 11.4. The molecule has 1 aromatic carbocycles. The molecule has 106 valence electrons. The monoisotopic (exact) mass is 264 g/mol. The average molecular weight is 264 g/mol. The van der Waals surface area contributed by atoms with Crippen molar-refractivity contribution >= 4 is 6.09 Å². The van der Waals surface area contributed by atoms with Gasteiger partial charge in [-0.05, 0) is 24.3 Å². The highest BCUT2D eigenvalue weighted by atomic mass is 16.4. The van der Waals surface area contributed by atoms with Crippen molar-refractivity contribution in [1.29, 1.82) is 0 Å². The van der Waals surface area contributed by atoms with Crippen LogP contribution in [0.15, 0.2) is 30.3 Å². The summed E-state index contributed by atoms with van der Waals surface area (Å²) in [5, 5.41) is 10.7. The molecule has 0 unspecified atom stereocenters. The van der Waals surface area contributed by atoms with Crippen molar-refractivity contribution in [1.82, 2.24) is 10.4 Å². The number of carboxylic acid groups (broad SMARTS) is 1. The summed E-state index contributed by atoms with van der Waals surface area (Å²) in [6, 6.07) is 9.95. The normalized spacial score (nSPS) is 12.4. The molecule has 0 fully saturated rings. The molecule has 0 saturated carbocycles. The predicted molar refractivity (Wildman–Crippen MR) is 76.9 cm³/mol. The van der Waals surface area contributed by atoms with Crippen LogP contribution < -0.4 is 5.43 Å². The Hall–Kier alpha value is -1.55. The van der Waals surface area contributed by atoms with Crippen LogP contribution in [0.1, 0.15) is 32.8 Å². The fourth-order valence-electron chi connectivity index (χ4n) is 1.94. The van der Waals surface area contributed by atoms with E-state index in [9.17, 15) is 9.90 Å². The van der Waals surface area contributed by atoms with E-state index in [-0.39, 0.29) is 6.04 Å². The lowest BCUT2D eigenvalue weighted by Crippen LogP contribution is -2.50. The Kier molecular flexibility index (Phi) is 6.36. The van der Waals surface area contributed by atoms with Crippen LogP contribution in [-0.4, -0.2) is 28.8 Å². The largest absolute Gasteiger partial charge is 0.464 e. The SMILES string of the molecule is CC[C@@H](Cc1ccccc1)N(NCC(C)C)C(=O)O. The summed E-state index contributed by atoms with van der Waals surface area (Å²) >= 11 is 0. The molecule has 4 heteroatoms. The molecule has 0 spiro atoms. The van der Waals surface area contributed by atoms with Crippen LogP contribution in [0.2, 0.25) is 0 Å². The smallest absolute Gasteiger partial charge is 0.422 e. The van der Waals surface area contributed by atoms with Gasteiger partial charge in [-0.15, -0.1) is 0 Å². The summed E-state index contributed by atoms with van der Waals surface area (Å²) in [5.41, 5.74) is 4.18. The summed E-state index contributed by atoms with van der Waals surface area (Å²) in [5.74, 6) is 0.413. The fourth-order valence-corrected chi connectivity index (χ4v) is 1.94. The number of hydrogen-bond acceptors (Lipinski definition) is 2. The predicted octanol–water partition coefficient (Wildman–Crippen LogP) is 3.15. The molecule has 0 bridgehead atoms. The highest BCUT2D eigenvalue weighted by Gasteiger charge is 2.22. The van der Waals surface area contributed by atoms with Gasteiger partial charge in [0.15, 0.2) is 0 Å². The van der Waals surface area contributed by atoms with Crippen molar-refractivity contribution in [2.75, 3.05) is 6.54 Å². The maximum Gasteiger partial charge on any atom is 0.422 e. The zero-order valence-corrected chi connectivity index (χ0v) is 12.0. The Bertz CT molecular complexity index is 379. The van der Waals surface area contributed by atoms with E-state index in [0.717, 1.165) is 18.4 Å². The molecule has 0 aliphatic carbocycles. The van der Waals surface area contributed by atoms with Gasteiger partial charge in [0, 0.05) is 6.54 Å². The Morgan fingerprint density at radius 3 is 2.42 bits per heavy atom. The van der Waals surface area contributed by atoms with Crippen molar-refractivity contribution < 1.29 is 9.90 Å². The van der Waals surface area contributed by atoms with Crippen LogP contribution in [0, 0.1) is 5.92 Å². The molecule has 0 aliphatic rings. The maximum atomic E-state index is 11.4. The molecular weight excluding hydrogens is 240 g/mol. The second-order valence-electron chi connectivity index (χ2n) is 5.16. The number of nitrogens with zero attached hydrogens (tertiary/aromatic N) is 1. The van der Waals surface area contributed by atoms with E-state index in [4.69, 9.17) is 0 Å². The van der Waals surface area contributed by atoms with Crippen LogP contribution in [0.25, 0.3) is 0 Å². The van der Waals surface area contributed by atoms with E-state index in [2.05, 4.69) is 19.3 Å². The van der Waals surface area contributed by atoms with Gasteiger partial charge in [-0.2, -0.15) is 0 Å². The van der Waals surface area contributed by atoms with Crippen LogP contribution in [0.3, 0.4) is 0 Å². The zero-order chi connectivity index (χ0) is 14.3. The third kappa shape index (κ3) is 5.30. The summed E-state index contributed by atoms with van der Waals surface area (Å²) < 4.78 is 0. The van der Waals surface area contributed by atoms with Gasteiger partial charge in [0.25, 0.3) is 0 Å². The molecule has 1 rings (SSSR count). The lowest BCUT2D eigenvalue weighted by atomic mass is 10.0. The van der Waals surface area contributed by atoms with Crippen molar-refractivity contribution in [3.63, 3.8) is 0 Å². The Balaban J connectivity index is 2.70. The first-order valence-electron chi connectivity index (χ1n) is 6.84. The topological polar surface area (TPSA) is 52.6 Å². The molecule has 0 heterocycles. The van der Waals surface area contributed by atoms with Gasteiger partial charge in [0.2, 0.25) is 0 Å². The van der Waals surface area contributed by atoms with Crippen LogP contribution in [0.4, 0.5) is 4.79 Å². The lowest BCUT2D eigenvalue weighted by molar-refractivity contribution is 0.0874. The second kappa shape index (κ2) is 7.79.